The molecule has 5 nitrogen and oxygen atoms in total. The lowest BCUT2D eigenvalue weighted by Gasteiger charge is -2.19. The summed E-state index contributed by atoms with van der Waals surface area (Å²) in [5, 5.41) is 7.93. The van der Waals surface area contributed by atoms with Crippen molar-refractivity contribution in [2.24, 2.45) is 7.05 Å². The molecule has 21 heavy (non-hydrogen) atoms. The van der Waals surface area contributed by atoms with Crippen molar-refractivity contribution in [1.82, 2.24) is 15.1 Å². The number of hydrogen-bond acceptors (Lipinski definition) is 3. The number of aryl methyl sites for hydroxylation is 1. The predicted molar refractivity (Wildman–Crippen MR) is 79.9 cm³/mol. The molecule has 2 amide bonds. The Morgan fingerprint density at radius 3 is 2.76 bits per heavy atom. The van der Waals surface area contributed by atoms with Crippen molar-refractivity contribution >= 4 is 22.7 Å². The summed E-state index contributed by atoms with van der Waals surface area (Å²) in [5.74, 6) is -0.322. The number of rotatable bonds is 2. The summed E-state index contributed by atoms with van der Waals surface area (Å²) in [6, 6.07) is 6.25. The van der Waals surface area contributed by atoms with E-state index in [2.05, 4.69) is 36.4 Å². The molecule has 1 atom stereocenters. The number of carbonyl (C=O) groups is 2. The maximum Gasteiger partial charge on any atom is 0.235 e. The van der Waals surface area contributed by atoms with Gasteiger partial charge in [0.1, 0.15) is 0 Å². The molecule has 1 saturated heterocycles. The summed E-state index contributed by atoms with van der Waals surface area (Å²) in [5.41, 5.74) is 3.05. The smallest absolute Gasteiger partial charge is 0.235 e. The topological polar surface area (TPSA) is 64.0 Å². The van der Waals surface area contributed by atoms with Gasteiger partial charge in [0.15, 0.2) is 0 Å². The fourth-order valence-electron chi connectivity index (χ4n) is 2.87. The summed E-state index contributed by atoms with van der Waals surface area (Å²) < 4.78 is 1.82. The van der Waals surface area contributed by atoms with Crippen LogP contribution in [0.5, 0.6) is 0 Å². The van der Waals surface area contributed by atoms with E-state index in [0.717, 1.165) is 16.6 Å². The van der Waals surface area contributed by atoms with E-state index in [1.165, 1.54) is 5.56 Å². The number of piperidine rings is 1. The minimum Gasteiger partial charge on any atom is -0.296 e. The average Bonchev–Trinajstić information content (AvgIpc) is 2.75. The van der Waals surface area contributed by atoms with Gasteiger partial charge in [-0.2, -0.15) is 5.10 Å². The van der Waals surface area contributed by atoms with Gasteiger partial charge in [0.2, 0.25) is 11.8 Å². The number of nitrogens with one attached hydrogen (secondary N) is 1. The van der Waals surface area contributed by atoms with Gasteiger partial charge in [0, 0.05) is 18.9 Å². The van der Waals surface area contributed by atoms with Gasteiger partial charge in [0.25, 0.3) is 0 Å². The van der Waals surface area contributed by atoms with Crippen molar-refractivity contribution in [3.8, 4) is 0 Å². The maximum absolute atomic E-state index is 12.1. The Hall–Kier alpha value is -2.17. The van der Waals surface area contributed by atoms with Gasteiger partial charge in [-0.05, 0) is 24.0 Å². The standard InChI is InChI=1S/C16H19N3O2/c1-9(2)10-4-5-11-13(8-10)19(3)18-15(11)12-6-7-14(20)17-16(12)21/h4-5,8-9,12H,6-7H2,1-3H3,(H,17,20,21). The predicted octanol–water partition coefficient (Wildman–Crippen LogP) is 2.22. The van der Waals surface area contributed by atoms with Crippen molar-refractivity contribution < 1.29 is 9.59 Å². The lowest BCUT2D eigenvalue weighted by atomic mass is 9.92. The molecule has 5 heteroatoms. The highest BCUT2D eigenvalue weighted by Crippen LogP contribution is 2.31. The number of nitrogens with zero attached hydrogens (tertiary/aromatic N) is 2. The lowest BCUT2D eigenvalue weighted by Crippen LogP contribution is -2.39. The first kappa shape index (κ1) is 13.8. The molecule has 1 unspecified atom stereocenters. The molecule has 0 aliphatic carbocycles. The fourth-order valence-corrected chi connectivity index (χ4v) is 2.87. The highest BCUT2D eigenvalue weighted by atomic mass is 16.2. The van der Waals surface area contributed by atoms with E-state index in [-0.39, 0.29) is 17.7 Å². The second kappa shape index (κ2) is 4.98. The summed E-state index contributed by atoms with van der Waals surface area (Å²) in [4.78, 5) is 23.3. The lowest BCUT2D eigenvalue weighted by molar-refractivity contribution is -0.134. The van der Waals surface area contributed by atoms with Gasteiger partial charge in [-0.3, -0.25) is 19.6 Å². The van der Waals surface area contributed by atoms with Gasteiger partial charge in [-0.25, -0.2) is 0 Å². The number of fused-ring (bicyclic) bond motifs is 1. The molecule has 1 N–H and O–H groups in total. The van der Waals surface area contributed by atoms with Crippen LogP contribution >= 0.6 is 0 Å². The van der Waals surface area contributed by atoms with Gasteiger partial charge >= 0.3 is 0 Å². The van der Waals surface area contributed by atoms with E-state index in [9.17, 15) is 9.59 Å². The van der Waals surface area contributed by atoms with Gasteiger partial charge in [-0.1, -0.05) is 26.0 Å². The zero-order valence-corrected chi connectivity index (χ0v) is 12.5. The third kappa shape index (κ3) is 2.33. The highest BCUT2D eigenvalue weighted by molar-refractivity contribution is 6.02. The van der Waals surface area contributed by atoms with E-state index in [4.69, 9.17) is 0 Å². The second-order valence-electron chi connectivity index (χ2n) is 5.94. The first-order valence-electron chi connectivity index (χ1n) is 7.27. The highest BCUT2D eigenvalue weighted by Gasteiger charge is 2.31. The Morgan fingerprint density at radius 2 is 2.10 bits per heavy atom. The quantitative estimate of drug-likeness (QED) is 0.860. The molecule has 2 heterocycles. The first-order chi connectivity index (χ1) is 9.97. The average molecular weight is 285 g/mol. The molecule has 1 fully saturated rings. The molecule has 2 aromatic rings. The van der Waals surface area contributed by atoms with Crippen LogP contribution in [0.2, 0.25) is 0 Å². The van der Waals surface area contributed by atoms with Crippen LogP contribution in [-0.2, 0) is 16.6 Å². The Labute approximate surface area is 123 Å². The summed E-state index contributed by atoms with van der Waals surface area (Å²) >= 11 is 0. The van der Waals surface area contributed by atoms with Crippen LogP contribution in [0.25, 0.3) is 10.9 Å². The summed E-state index contributed by atoms with van der Waals surface area (Å²) in [6.45, 7) is 4.30. The molecule has 0 bridgehead atoms. The monoisotopic (exact) mass is 285 g/mol. The molecule has 0 saturated carbocycles. The van der Waals surface area contributed by atoms with Crippen LogP contribution in [0.1, 0.15) is 49.8 Å². The van der Waals surface area contributed by atoms with Crippen LogP contribution in [0.4, 0.5) is 0 Å². The van der Waals surface area contributed by atoms with Gasteiger partial charge in [0.05, 0.1) is 17.1 Å². The molecule has 3 rings (SSSR count). The van der Waals surface area contributed by atoms with E-state index >= 15 is 0 Å². The molecular weight excluding hydrogens is 266 g/mol. The number of carbonyl (C=O) groups excluding carboxylic acids is 2. The molecule has 0 radical (unpaired) electrons. The number of hydrogen-bond donors (Lipinski definition) is 1. The van der Waals surface area contributed by atoms with Crippen molar-refractivity contribution in [1.29, 1.82) is 0 Å². The van der Waals surface area contributed by atoms with Crippen molar-refractivity contribution in [2.45, 2.75) is 38.5 Å². The van der Waals surface area contributed by atoms with Crippen LogP contribution in [0.3, 0.4) is 0 Å². The third-order valence-corrected chi connectivity index (χ3v) is 4.14. The van der Waals surface area contributed by atoms with Crippen molar-refractivity contribution in [2.75, 3.05) is 0 Å². The number of amides is 2. The number of imide groups is 1. The van der Waals surface area contributed by atoms with Gasteiger partial charge in [-0.15, -0.1) is 0 Å². The van der Waals surface area contributed by atoms with Crippen LogP contribution in [-0.4, -0.2) is 21.6 Å². The summed E-state index contributed by atoms with van der Waals surface area (Å²) in [7, 11) is 1.89. The van der Waals surface area contributed by atoms with E-state index in [1.807, 2.05) is 17.8 Å². The van der Waals surface area contributed by atoms with Crippen LogP contribution in [0, 0.1) is 0 Å². The zero-order valence-electron chi connectivity index (χ0n) is 12.5. The van der Waals surface area contributed by atoms with E-state index in [0.29, 0.717) is 18.8 Å². The largest absolute Gasteiger partial charge is 0.296 e. The Morgan fingerprint density at radius 1 is 1.33 bits per heavy atom. The molecular formula is C16H19N3O2. The van der Waals surface area contributed by atoms with Crippen LogP contribution in [0.15, 0.2) is 18.2 Å². The van der Waals surface area contributed by atoms with Crippen LogP contribution < -0.4 is 5.32 Å². The Kier molecular flexibility index (Phi) is 3.27. The Balaban J connectivity index is 2.08. The summed E-state index contributed by atoms with van der Waals surface area (Å²) in [6.07, 6.45) is 0.904. The molecule has 1 aromatic heterocycles. The Bertz CT molecular complexity index is 730. The SMILES string of the molecule is CC(C)c1ccc2c(C3CCC(=O)NC3=O)nn(C)c2c1. The van der Waals surface area contributed by atoms with Gasteiger partial charge < -0.3 is 0 Å². The third-order valence-electron chi connectivity index (χ3n) is 4.14. The fraction of sp³-hybridized carbons (Fsp3) is 0.438. The van der Waals surface area contributed by atoms with E-state index in [1.54, 1.807) is 0 Å². The second-order valence-corrected chi connectivity index (χ2v) is 5.94. The molecule has 1 aliphatic rings. The molecule has 0 spiro atoms. The maximum atomic E-state index is 12.1. The van der Waals surface area contributed by atoms with Crippen molar-refractivity contribution in [3.63, 3.8) is 0 Å². The normalized spacial score (nSPS) is 19.3. The minimum atomic E-state index is -0.337. The minimum absolute atomic E-state index is 0.196. The molecule has 1 aliphatic heterocycles. The van der Waals surface area contributed by atoms with E-state index < -0.39 is 0 Å². The van der Waals surface area contributed by atoms with Crippen molar-refractivity contribution in [3.05, 3.63) is 29.5 Å². The molecule has 1 aromatic carbocycles. The number of aromatic nitrogens is 2. The number of benzene rings is 1. The molecule has 110 valence electrons. The first-order valence-corrected chi connectivity index (χ1v) is 7.27. The zero-order chi connectivity index (χ0) is 15.1.